The summed E-state index contributed by atoms with van der Waals surface area (Å²) in [5.41, 5.74) is -1.08. The summed E-state index contributed by atoms with van der Waals surface area (Å²) >= 11 is 0. The van der Waals surface area contributed by atoms with Gasteiger partial charge in [-0.1, -0.05) is 12.1 Å². The molecule has 1 aliphatic rings. The van der Waals surface area contributed by atoms with Crippen LogP contribution in [0.3, 0.4) is 0 Å². The number of nitrogens with zero attached hydrogens (tertiary/aromatic N) is 1. The average molecular weight is 281 g/mol. The Morgan fingerprint density at radius 2 is 1.95 bits per heavy atom. The maximum atomic E-state index is 12.9. The van der Waals surface area contributed by atoms with Crippen molar-refractivity contribution in [3.63, 3.8) is 0 Å². The highest BCUT2D eigenvalue weighted by Gasteiger charge is 2.40. The van der Waals surface area contributed by atoms with Gasteiger partial charge < -0.3 is 14.7 Å². The lowest BCUT2D eigenvalue weighted by atomic mass is 9.93. The summed E-state index contributed by atoms with van der Waals surface area (Å²) in [7, 11) is 0. The van der Waals surface area contributed by atoms with E-state index in [4.69, 9.17) is 4.74 Å². The fraction of sp³-hybridized carbons (Fsp3) is 0.533. The molecule has 1 amide bonds. The molecule has 0 radical (unpaired) electrons. The number of likely N-dealkylation sites (tertiary alicyclic amines) is 1. The molecule has 4 nitrogen and oxygen atoms in total. The fourth-order valence-electron chi connectivity index (χ4n) is 2.27. The van der Waals surface area contributed by atoms with Gasteiger partial charge in [-0.2, -0.15) is 0 Å². The standard InChI is InChI=1S/C15H20FNO3/c1-14(2,3)20-13(18)17-9-8-15(19,10-17)11-4-6-12(16)7-5-11/h4-7,19H,8-10H2,1-3H3/t15-/m0/s1. The second-order valence-corrected chi connectivity index (χ2v) is 6.19. The molecular formula is C15H20FNO3. The molecule has 110 valence electrons. The SMILES string of the molecule is CC(C)(C)OC(=O)N1CC[C@@](O)(c2ccc(F)cc2)C1. The van der Waals surface area contributed by atoms with E-state index in [0.717, 1.165) is 0 Å². The number of benzene rings is 1. The Morgan fingerprint density at radius 1 is 1.35 bits per heavy atom. The molecule has 0 aromatic heterocycles. The molecule has 20 heavy (non-hydrogen) atoms. The highest BCUT2D eigenvalue weighted by Crippen LogP contribution is 2.32. The number of halogens is 1. The third-order valence-electron chi connectivity index (χ3n) is 3.28. The van der Waals surface area contributed by atoms with Gasteiger partial charge in [-0.25, -0.2) is 9.18 Å². The van der Waals surface area contributed by atoms with Crippen LogP contribution in [0.1, 0.15) is 32.8 Å². The molecule has 0 aliphatic carbocycles. The Labute approximate surface area is 118 Å². The Balaban J connectivity index is 2.07. The summed E-state index contributed by atoms with van der Waals surface area (Å²) in [5.74, 6) is -0.348. The third-order valence-corrected chi connectivity index (χ3v) is 3.28. The number of β-amino-alcohol motifs (C(OH)–C–C–N with tert-alkyl or cyclic N) is 1. The van der Waals surface area contributed by atoms with Crippen LogP contribution in [0.4, 0.5) is 9.18 Å². The second-order valence-electron chi connectivity index (χ2n) is 6.19. The van der Waals surface area contributed by atoms with Gasteiger partial charge in [0.05, 0.1) is 6.54 Å². The first kappa shape index (κ1) is 14.8. The van der Waals surface area contributed by atoms with Crippen molar-refractivity contribution in [1.82, 2.24) is 4.90 Å². The van der Waals surface area contributed by atoms with Crippen LogP contribution in [0.15, 0.2) is 24.3 Å². The van der Waals surface area contributed by atoms with E-state index in [-0.39, 0.29) is 12.4 Å². The fourth-order valence-corrected chi connectivity index (χ4v) is 2.27. The lowest BCUT2D eigenvalue weighted by Gasteiger charge is -2.26. The number of rotatable bonds is 1. The zero-order chi connectivity index (χ0) is 15.0. The van der Waals surface area contributed by atoms with Gasteiger partial charge in [0.25, 0.3) is 0 Å². The van der Waals surface area contributed by atoms with Gasteiger partial charge in [0.15, 0.2) is 0 Å². The summed E-state index contributed by atoms with van der Waals surface area (Å²) in [6.07, 6.45) is -0.0201. The number of ether oxygens (including phenoxy) is 1. The van der Waals surface area contributed by atoms with E-state index in [1.165, 1.54) is 17.0 Å². The summed E-state index contributed by atoms with van der Waals surface area (Å²) in [6.45, 7) is 5.98. The molecule has 1 N–H and O–H groups in total. The molecule has 1 saturated heterocycles. The van der Waals surface area contributed by atoms with Crippen molar-refractivity contribution in [2.24, 2.45) is 0 Å². The Bertz CT molecular complexity index is 495. The quantitative estimate of drug-likeness (QED) is 0.861. The molecule has 1 fully saturated rings. The summed E-state index contributed by atoms with van der Waals surface area (Å²) < 4.78 is 18.2. The summed E-state index contributed by atoms with van der Waals surface area (Å²) in [5, 5.41) is 10.6. The van der Waals surface area contributed by atoms with E-state index in [2.05, 4.69) is 0 Å². The lowest BCUT2D eigenvalue weighted by molar-refractivity contribution is 0.0140. The minimum atomic E-state index is -1.13. The maximum Gasteiger partial charge on any atom is 0.410 e. The molecule has 2 rings (SSSR count). The molecule has 1 aromatic rings. The van der Waals surface area contributed by atoms with Crippen LogP contribution in [0.5, 0.6) is 0 Å². The zero-order valence-corrected chi connectivity index (χ0v) is 12.0. The van der Waals surface area contributed by atoms with Crippen molar-refractivity contribution in [2.75, 3.05) is 13.1 Å². The number of amides is 1. The topological polar surface area (TPSA) is 49.8 Å². The second kappa shape index (κ2) is 5.05. The summed E-state index contributed by atoms with van der Waals surface area (Å²) in [4.78, 5) is 13.4. The Morgan fingerprint density at radius 3 is 2.50 bits per heavy atom. The molecule has 1 aromatic carbocycles. The smallest absolute Gasteiger partial charge is 0.410 e. The molecule has 0 saturated carbocycles. The molecule has 5 heteroatoms. The van der Waals surface area contributed by atoms with Crippen LogP contribution in [0.2, 0.25) is 0 Å². The monoisotopic (exact) mass is 281 g/mol. The normalized spacial score (nSPS) is 22.9. The predicted molar refractivity (Wildman–Crippen MR) is 72.7 cm³/mol. The van der Waals surface area contributed by atoms with Gasteiger partial charge in [0.1, 0.15) is 17.0 Å². The van der Waals surface area contributed by atoms with Crippen molar-refractivity contribution in [2.45, 2.75) is 38.4 Å². The maximum absolute atomic E-state index is 12.9. The number of carbonyl (C=O) groups excluding carboxylic acids is 1. The molecular weight excluding hydrogens is 261 g/mol. The first-order valence-corrected chi connectivity index (χ1v) is 6.66. The Kier molecular flexibility index (Phi) is 3.73. The van der Waals surface area contributed by atoms with Gasteiger partial charge >= 0.3 is 6.09 Å². The Hall–Kier alpha value is -1.62. The largest absolute Gasteiger partial charge is 0.444 e. The van der Waals surface area contributed by atoms with Crippen LogP contribution in [0, 0.1) is 5.82 Å². The number of hydrogen-bond acceptors (Lipinski definition) is 3. The first-order valence-electron chi connectivity index (χ1n) is 6.66. The van der Waals surface area contributed by atoms with Crippen molar-refractivity contribution in [3.8, 4) is 0 Å². The number of hydrogen-bond donors (Lipinski definition) is 1. The van der Waals surface area contributed by atoms with Gasteiger partial charge in [-0.15, -0.1) is 0 Å². The van der Waals surface area contributed by atoms with Gasteiger partial charge in [0, 0.05) is 6.54 Å². The van der Waals surface area contributed by atoms with E-state index in [0.29, 0.717) is 18.5 Å². The minimum Gasteiger partial charge on any atom is -0.444 e. The number of carbonyl (C=O) groups is 1. The first-order chi connectivity index (χ1) is 9.20. The van der Waals surface area contributed by atoms with Crippen LogP contribution in [-0.4, -0.2) is 34.8 Å². The van der Waals surface area contributed by atoms with Crippen molar-refractivity contribution < 1.29 is 19.0 Å². The van der Waals surface area contributed by atoms with Crippen LogP contribution >= 0.6 is 0 Å². The van der Waals surface area contributed by atoms with Crippen molar-refractivity contribution >= 4 is 6.09 Å². The van der Waals surface area contributed by atoms with E-state index < -0.39 is 17.3 Å². The summed E-state index contributed by atoms with van der Waals surface area (Å²) in [6, 6.07) is 5.72. The molecule has 1 aliphatic heterocycles. The third kappa shape index (κ3) is 3.28. The lowest BCUT2D eigenvalue weighted by Crippen LogP contribution is -2.38. The molecule has 0 unspecified atom stereocenters. The highest BCUT2D eigenvalue weighted by molar-refractivity contribution is 5.68. The van der Waals surface area contributed by atoms with Gasteiger partial charge in [0.2, 0.25) is 0 Å². The van der Waals surface area contributed by atoms with E-state index in [1.54, 1.807) is 32.9 Å². The van der Waals surface area contributed by atoms with Gasteiger partial charge in [-0.3, -0.25) is 0 Å². The van der Waals surface area contributed by atoms with E-state index in [1.807, 2.05) is 0 Å². The minimum absolute atomic E-state index is 0.160. The van der Waals surface area contributed by atoms with E-state index in [9.17, 15) is 14.3 Å². The molecule has 0 bridgehead atoms. The molecule has 1 heterocycles. The zero-order valence-electron chi connectivity index (χ0n) is 12.0. The van der Waals surface area contributed by atoms with Crippen molar-refractivity contribution in [3.05, 3.63) is 35.6 Å². The van der Waals surface area contributed by atoms with Crippen LogP contribution in [0.25, 0.3) is 0 Å². The van der Waals surface area contributed by atoms with E-state index >= 15 is 0 Å². The number of aliphatic hydroxyl groups is 1. The predicted octanol–water partition coefficient (Wildman–Crippen LogP) is 2.65. The molecule has 1 atom stereocenters. The highest BCUT2D eigenvalue weighted by atomic mass is 19.1. The van der Waals surface area contributed by atoms with Gasteiger partial charge in [-0.05, 0) is 44.9 Å². The van der Waals surface area contributed by atoms with Crippen LogP contribution in [-0.2, 0) is 10.3 Å². The van der Waals surface area contributed by atoms with Crippen molar-refractivity contribution in [1.29, 1.82) is 0 Å². The average Bonchev–Trinajstić information content (AvgIpc) is 2.72. The molecule has 0 spiro atoms. The van der Waals surface area contributed by atoms with Crippen LogP contribution < -0.4 is 0 Å².